The lowest BCUT2D eigenvalue weighted by atomic mass is 9.89. The summed E-state index contributed by atoms with van der Waals surface area (Å²) in [5, 5.41) is 16.2. The molecule has 0 fully saturated rings. The second-order valence-electron chi connectivity index (χ2n) is 7.56. The molecule has 0 aliphatic rings. The van der Waals surface area contributed by atoms with Crippen molar-refractivity contribution >= 4 is 0 Å². The minimum absolute atomic E-state index is 0.0807. The Labute approximate surface area is 133 Å². The molecule has 0 bridgehead atoms. The Hall–Kier alpha value is -1.65. The van der Waals surface area contributed by atoms with Crippen molar-refractivity contribution in [2.24, 2.45) is 0 Å². The van der Waals surface area contributed by atoms with Gasteiger partial charge in [-0.2, -0.15) is 5.10 Å². The Bertz CT molecular complexity index is 606. The first kappa shape index (κ1) is 16.7. The van der Waals surface area contributed by atoms with E-state index >= 15 is 0 Å². The molecule has 0 radical (unpaired) electrons. The molecule has 1 unspecified atom stereocenters. The fourth-order valence-corrected chi connectivity index (χ4v) is 2.69. The minimum atomic E-state index is -0.0807. The Kier molecular flexibility index (Phi) is 4.73. The monoisotopic (exact) mass is 303 g/mol. The van der Waals surface area contributed by atoms with Gasteiger partial charge in [-0.25, -0.2) is 4.68 Å². The van der Waals surface area contributed by atoms with Crippen LogP contribution in [-0.2, 0) is 5.54 Å². The zero-order valence-corrected chi connectivity index (χ0v) is 14.9. The molecule has 0 aromatic carbocycles. The third-order valence-corrected chi connectivity index (χ3v) is 4.27. The summed E-state index contributed by atoms with van der Waals surface area (Å²) in [6.07, 6.45) is 3.05. The Balaban J connectivity index is 2.12. The number of nitrogens with one attached hydrogen (secondary N) is 1. The van der Waals surface area contributed by atoms with Crippen LogP contribution in [0.1, 0.15) is 89.7 Å². The maximum atomic E-state index is 4.41. The third-order valence-electron chi connectivity index (χ3n) is 4.27. The van der Waals surface area contributed by atoms with E-state index in [9.17, 15) is 0 Å². The third kappa shape index (κ3) is 3.57. The van der Waals surface area contributed by atoms with Crippen molar-refractivity contribution in [1.82, 2.24) is 25.2 Å². The first-order valence-electron chi connectivity index (χ1n) is 8.18. The summed E-state index contributed by atoms with van der Waals surface area (Å²) in [6, 6.07) is 2.19. The smallest absolute Gasteiger partial charge is 0.0852 e. The van der Waals surface area contributed by atoms with E-state index in [1.54, 1.807) is 0 Å². The molecule has 5 nitrogen and oxygen atoms in total. The molecule has 1 atom stereocenters. The predicted molar refractivity (Wildman–Crippen MR) is 89.1 cm³/mol. The number of rotatable bonds is 6. The van der Waals surface area contributed by atoms with E-state index in [-0.39, 0.29) is 5.54 Å². The van der Waals surface area contributed by atoms with Gasteiger partial charge in [0.1, 0.15) is 0 Å². The van der Waals surface area contributed by atoms with Gasteiger partial charge in [-0.05, 0) is 38.2 Å². The van der Waals surface area contributed by atoms with E-state index in [1.165, 1.54) is 5.69 Å². The van der Waals surface area contributed by atoms with E-state index in [1.807, 2.05) is 4.68 Å². The quantitative estimate of drug-likeness (QED) is 0.871. The summed E-state index contributed by atoms with van der Waals surface area (Å²) >= 11 is 0. The molecular formula is C17H29N5. The van der Waals surface area contributed by atoms with Crippen LogP contribution in [0.2, 0.25) is 0 Å². The van der Waals surface area contributed by atoms with Crippen molar-refractivity contribution in [3.63, 3.8) is 0 Å². The number of hydrogen-bond acceptors (Lipinski definition) is 3. The summed E-state index contributed by atoms with van der Waals surface area (Å²) in [5.74, 6) is 1.25. The lowest BCUT2D eigenvalue weighted by Crippen LogP contribution is -2.29. The van der Waals surface area contributed by atoms with Crippen LogP contribution in [0.3, 0.4) is 0 Å². The van der Waals surface area contributed by atoms with Crippen LogP contribution in [0, 0.1) is 0 Å². The van der Waals surface area contributed by atoms with E-state index < -0.39 is 0 Å². The maximum Gasteiger partial charge on any atom is 0.0852 e. The summed E-state index contributed by atoms with van der Waals surface area (Å²) in [4.78, 5) is 0. The molecule has 122 valence electrons. The van der Waals surface area contributed by atoms with Crippen molar-refractivity contribution in [2.75, 3.05) is 0 Å². The molecule has 2 aromatic heterocycles. The standard InChI is InChI=1S/C17H29N5/c1-11(2)14-8-15(19-18-14)13(5)9-17(6,7)22-10-16(12(3)4)20-21-22/h8,10-13H,9H2,1-7H3,(H,18,19). The molecule has 2 rings (SSSR count). The molecule has 2 aromatic rings. The molecule has 0 saturated carbocycles. The largest absolute Gasteiger partial charge is 0.282 e. The first-order valence-corrected chi connectivity index (χ1v) is 8.18. The van der Waals surface area contributed by atoms with Gasteiger partial charge in [-0.15, -0.1) is 5.10 Å². The van der Waals surface area contributed by atoms with E-state index in [0.717, 1.165) is 17.8 Å². The van der Waals surface area contributed by atoms with Crippen LogP contribution >= 0.6 is 0 Å². The zero-order chi connectivity index (χ0) is 16.5. The highest BCUT2D eigenvalue weighted by Crippen LogP contribution is 2.30. The predicted octanol–water partition coefficient (Wildman–Crippen LogP) is 4.18. The molecule has 22 heavy (non-hydrogen) atoms. The molecule has 0 aliphatic carbocycles. The second-order valence-corrected chi connectivity index (χ2v) is 7.56. The van der Waals surface area contributed by atoms with E-state index in [2.05, 4.69) is 81.2 Å². The summed E-state index contributed by atoms with van der Waals surface area (Å²) in [6.45, 7) is 15.3. The molecule has 2 heterocycles. The fraction of sp³-hybridized carbons (Fsp3) is 0.706. The molecule has 0 aliphatic heterocycles. The normalized spacial score (nSPS) is 14.0. The van der Waals surface area contributed by atoms with E-state index in [0.29, 0.717) is 17.8 Å². The highest BCUT2D eigenvalue weighted by molar-refractivity contribution is 5.15. The van der Waals surface area contributed by atoms with Crippen LogP contribution < -0.4 is 0 Å². The summed E-state index contributed by atoms with van der Waals surface area (Å²) in [5.41, 5.74) is 3.29. The van der Waals surface area contributed by atoms with Crippen molar-refractivity contribution in [3.8, 4) is 0 Å². The molecule has 0 amide bonds. The Morgan fingerprint density at radius 1 is 1.09 bits per heavy atom. The maximum absolute atomic E-state index is 4.41. The van der Waals surface area contributed by atoms with Gasteiger partial charge >= 0.3 is 0 Å². The van der Waals surface area contributed by atoms with Gasteiger partial charge in [0, 0.05) is 17.8 Å². The van der Waals surface area contributed by atoms with Gasteiger partial charge in [0.15, 0.2) is 0 Å². The van der Waals surface area contributed by atoms with Crippen LogP contribution in [0.25, 0.3) is 0 Å². The topological polar surface area (TPSA) is 59.4 Å². The average molecular weight is 303 g/mol. The molecule has 0 saturated heterocycles. The lowest BCUT2D eigenvalue weighted by molar-refractivity contribution is 0.270. The molecule has 5 heteroatoms. The van der Waals surface area contributed by atoms with Gasteiger partial charge in [-0.3, -0.25) is 5.10 Å². The molecule has 0 spiro atoms. The zero-order valence-electron chi connectivity index (χ0n) is 14.9. The van der Waals surface area contributed by atoms with Crippen molar-refractivity contribution < 1.29 is 0 Å². The van der Waals surface area contributed by atoms with Crippen molar-refractivity contribution in [3.05, 3.63) is 29.3 Å². The number of aromatic amines is 1. The number of H-pyrrole nitrogens is 1. The van der Waals surface area contributed by atoms with Gasteiger partial charge in [0.25, 0.3) is 0 Å². The van der Waals surface area contributed by atoms with Crippen molar-refractivity contribution in [2.45, 2.75) is 78.2 Å². The van der Waals surface area contributed by atoms with E-state index in [4.69, 9.17) is 0 Å². The molecular weight excluding hydrogens is 274 g/mol. The Morgan fingerprint density at radius 3 is 2.23 bits per heavy atom. The summed E-state index contributed by atoms with van der Waals surface area (Å²) < 4.78 is 2.00. The fourth-order valence-electron chi connectivity index (χ4n) is 2.69. The highest BCUT2D eigenvalue weighted by Gasteiger charge is 2.26. The van der Waals surface area contributed by atoms with Gasteiger partial charge in [-0.1, -0.05) is 39.8 Å². The van der Waals surface area contributed by atoms with Gasteiger partial charge < -0.3 is 0 Å². The van der Waals surface area contributed by atoms with Crippen molar-refractivity contribution in [1.29, 1.82) is 0 Å². The van der Waals surface area contributed by atoms with Crippen LogP contribution in [0.4, 0.5) is 0 Å². The first-order chi connectivity index (χ1) is 10.2. The van der Waals surface area contributed by atoms with Gasteiger partial charge in [0.05, 0.1) is 16.9 Å². The number of aromatic nitrogens is 5. The SMILES string of the molecule is CC(C)c1cn(C(C)(C)CC(C)c2cc(C(C)C)n[nH]2)nn1. The number of hydrogen-bond donors (Lipinski definition) is 1. The van der Waals surface area contributed by atoms with Crippen LogP contribution in [0.5, 0.6) is 0 Å². The molecule has 1 N–H and O–H groups in total. The van der Waals surface area contributed by atoms with Gasteiger partial charge in [0.2, 0.25) is 0 Å². The average Bonchev–Trinajstić information content (AvgIpc) is 3.08. The summed E-state index contributed by atoms with van der Waals surface area (Å²) in [7, 11) is 0. The lowest BCUT2D eigenvalue weighted by Gasteiger charge is -2.27. The number of nitrogens with zero attached hydrogens (tertiary/aromatic N) is 4. The minimum Gasteiger partial charge on any atom is -0.282 e. The Morgan fingerprint density at radius 2 is 1.73 bits per heavy atom. The highest BCUT2D eigenvalue weighted by atomic mass is 15.4. The second kappa shape index (κ2) is 6.23. The van der Waals surface area contributed by atoms with Crippen LogP contribution in [0.15, 0.2) is 12.3 Å². The van der Waals surface area contributed by atoms with Crippen LogP contribution in [-0.4, -0.2) is 25.2 Å².